The third-order valence-electron chi connectivity index (χ3n) is 4.94. The van der Waals surface area contributed by atoms with Crippen molar-refractivity contribution in [1.29, 1.82) is 0 Å². The number of nitrogens with zero attached hydrogens (tertiary/aromatic N) is 3. The van der Waals surface area contributed by atoms with Gasteiger partial charge in [-0.05, 0) is 48.1 Å². The number of rotatable bonds is 5. The standard InChI is InChI=1S/C18H21N5O4/c1-9-6-10(2)14(7-9)27-15-12-8-11(25-3)4-5-13(12)26-16(15)17(24)19-18-20-22-23-21-18/h4-5,8-10,14H,6-7H2,1-3H3,(H2,19,20,21,22,23,24). The molecular formula is C18H21N5O4. The number of benzene rings is 1. The van der Waals surface area contributed by atoms with Crippen molar-refractivity contribution < 1.29 is 18.7 Å². The molecule has 27 heavy (non-hydrogen) atoms. The summed E-state index contributed by atoms with van der Waals surface area (Å²) >= 11 is 0. The predicted octanol–water partition coefficient (Wildman–Crippen LogP) is 3.02. The van der Waals surface area contributed by atoms with Crippen LogP contribution < -0.4 is 14.8 Å². The highest BCUT2D eigenvalue weighted by atomic mass is 16.5. The number of hydrogen-bond acceptors (Lipinski definition) is 7. The Kier molecular flexibility index (Phi) is 4.43. The second kappa shape index (κ2) is 6.90. The third-order valence-corrected chi connectivity index (χ3v) is 4.94. The molecule has 9 nitrogen and oxygen atoms in total. The summed E-state index contributed by atoms with van der Waals surface area (Å²) in [6.07, 6.45) is 2.04. The molecule has 0 aliphatic heterocycles. The summed E-state index contributed by atoms with van der Waals surface area (Å²) in [5.74, 6) is 1.68. The van der Waals surface area contributed by atoms with Crippen LogP contribution in [0.4, 0.5) is 5.95 Å². The number of fused-ring (bicyclic) bond motifs is 1. The molecule has 3 atom stereocenters. The van der Waals surface area contributed by atoms with E-state index in [2.05, 4.69) is 39.8 Å². The molecule has 2 aromatic heterocycles. The molecule has 1 aromatic carbocycles. The molecule has 3 unspecified atom stereocenters. The Balaban J connectivity index is 1.73. The largest absolute Gasteiger partial charge is 0.497 e. The Morgan fingerprint density at radius 3 is 2.85 bits per heavy atom. The van der Waals surface area contributed by atoms with E-state index in [0.29, 0.717) is 34.3 Å². The van der Waals surface area contributed by atoms with E-state index in [1.54, 1.807) is 19.2 Å². The summed E-state index contributed by atoms with van der Waals surface area (Å²) in [7, 11) is 1.59. The number of tetrazole rings is 1. The number of carbonyl (C=O) groups is 1. The molecule has 4 rings (SSSR count). The average molecular weight is 371 g/mol. The number of H-pyrrole nitrogens is 1. The zero-order valence-corrected chi connectivity index (χ0v) is 15.4. The van der Waals surface area contributed by atoms with E-state index >= 15 is 0 Å². The van der Waals surface area contributed by atoms with Crippen molar-refractivity contribution in [2.75, 3.05) is 12.4 Å². The minimum absolute atomic E-state index is 0.0173. The summed E-state index contributed by atoms with van der Waals surface area (Å²) in [6, 6.07) is 5.34. The van der Waals surface area contributed by atoms with Crippen molar-refractivity contribution in [2.24, 2.45) is 11.8 Å². The van der Waals surface area contributed by atoms with E-state index in [1.807, 2.05) is 6.07 Å². The second-order valence-electron chi connectivity index (χ2n) is 7.02. The lowest BCUT2D eigenvalue weighted by atomic mass is 10.1. The van der Waals surface area contributed by atoms with E-state index in [1.165, 1.54) is 0 Å². The van der Waals surface area contributed by atoms with Crippen molar-refractivity contribution in [1.82, 2.24) is 20.6 Å². The summed E-state index contributed by atoms with van der Waals surface area (Å²) in [5, 5.41) is 16.4. The first-order valence-corrected chi connectivity index (χ1v) is 8.87. The number of carbonyl (C=O) groups excluding carboxylic acids is 1. The van der Waals surface area contributed by atoms with E-state index in [9.17, 15) is 4.79 Å². The van der Waals surface area contributed by atoms with Crippen molar-refractivity contribution in [3.05, 3.63) is 24.0 Å². The average Bonchev–Trinajstić information content (AvgIpc) is 3.35. The van der Waals surface area contributed by atoms with Gasteiger partial charge in [-0.25, -0.2) is 0 Å². The Labute approximate surface area is 155 Å². The number of aromatic nitrogens is 4. The molecule has 3 aromatic rings. The number of hydrogen-bond donors (Lipinski definition) is 2. The molecule has 1 aliphatic carbocycles. The van der Waals surface area contributed by atoms with Crippen molar-refractivity contribution in [2.45, 2.75) is 32.8 Å². The van der Waals surface area contributed by atoms with Gasteiger partial charge in [-0.1, -0.05) is 18.9 Å². The van der Waals surface area contributed by atoms with Gasteiger partial charge >= 0.3 is 0 Å². The van der Waals surface area contributed by atoms with Crippen LogP contribution in [0.3, 0.4) is 0 Å². The molecule has 0 bridgehead atoms. The van der Waals surface area contributed by atoms with Crippen LogP contribution in [0.1, 0.15) is 37.2 Å². The highest BCUT2D eigenvalue weighted by Crippen LogP contribution is 2.40. The van der Waals surface area contributed by atoms with Gasteiger partial charge in [-0.15, -0.1) is 5.10 Å². The maximum Gasteiger partial charge on any atom is 0.297 e. The van der Waals surface area contributed by atoms with Gasteiger partial charge < -0.3 is 13.9 Å². The topological polar surface area (TPSA) is 115 Å². The molecule has 1 aliphatic rings. The Morgan fingerprint density at radius 1 is 1.33 bits per heavy atom. The van der Waals surface area contributed by atoms with Crippen LogP contribution >= 0.6 is 0 Å². The van der Waals surface area contributed by atoms with E-state index in [4.69, 9.17) is 13.9 Å². The fourth-order valence-corrected chi connectivity index (χ4v) is 3.65. The highest BCUT2D eigenvalue weighted by Gasteiger charge is 2.33. The second-order valence-corrected chi connectivity index (χ2v) is 7.02. The lowest BCUT2D eigenvalue weighted by Crippen LogP contribution is -2.21. The SMILES string of the molecule is COc1ccc2oc(C(=O)Nc3nn[nH]n3)c(OC3CC(C)CC3C)c2c1. The minimum atomic E-state index is -0.500. The highest BCUT2D eigenvalue weighted by molar-refractivity contribution is 6.07. The lowest BCUT2D eigenvalue weighted by molar-refractivity contribution is 0.0982. The van der Waals surface area contributed by atoms with Gasteiger partial charge in [0.05, 0.1) is 12.5 Å². The first kappa shape index (κ1) is 17.3. The first-order chi connectivity index (χ1) is 13.0. The number of ether oxygens (including phenoxy) is 2. The van der Waals surface area contributed by atoms with Crippen LogP contribution in [0.2, 0.25) is 0 Å². The van der Waals surface area contributed by atoms with Gasteiger partial charge in [0.2, 0.25) is 5.76 Å². The Hall–Kier alpha value is -3.10. The van der Waals surface area contributed by atoms with E-state index in [0.717, 1.165) is 12.8 Å². The Morgan fingerprint density at radius 2 is 2.19 bits per heavy atom. The fourth-order valence-electron chi connectivity index (χ4n) is 3.65. The van der Waals surface area contributed by atoms with Crippen LogP contribution in [0.15, 0.2) is 22.6 Å². The summed E-state index contributed by atoms with van der Waals surface area (Å²) < 4.78 is 17.4. The monoisotopic (exact) mass is 371 g/mol. The molecule has 2 heterocycles. The maximum absolute atomic E-state index is 12.7. The van der Waals surface area contributed by atoms with Gasteiger partial charge in [0.1, 0.15) is 17.4 Å². The van der Waals surface area contributed by atoms with Crippen LogP contribution in [-0.2, 0) is 0 Å². The van der Waals surface area contributed by atoms with Crippen molar-refractivity contribution in [3.8, 4) is 11.5 Å². The Bertz CT molecular complexity index is 952. The molecule has 1 saturated carbocycles. The summed E-state index contributed by atoms with van der Waals surface area (Å²) in [5.41, 5.74) is 0.544. The van der Waals surface area contributed by atoms with Gasteiger partial charge in [-0.2, -0.15) is 5.21 Å². The molecular weight excluding hydrogens is 350 g/mol. The molecule has 0 radical (unpaired) electrons. The minimum Gasteiger partial charge on any atom is -0.497 e. The molecule has 1 amide bonds. The van der Waals surface area contributed by atoms with Gasteiger partial charge in [-0.3, -0.25) is 10.1 Å². The van der Waals surface area contributed by atoms with Gasteiger partial charge in [0, 0.05) is 0 Å². The van der Waals surface area contributed by atoms with Gasteiger partial charge in [0.25, 0.3) is 11.9 Å². The molecule has 1 fully saturated rings. The molecule has 0 spiro atoms. The smallest absolute Gasteiger partial charge is 0.297 e. The van der Waals surface area contributed by atoms with E-state index < -0.39 is 5.91 Å². The zero-order valence-electron chi connectivity index (χ0n) is 15.4. The first-order valence-electron chi connectivity index (χ1n) is 8.87. The predicted molar refractivity (Wildman–Crippen MR) is 96.9 cm³/mol. The fraction of sp³-hybridized carbons (Fsp3) is 0.444. The maximum atomic E-state index is 12.7. The van der Waals surface area contributed by atoms with Gasteiger partial charge in [0.15, 0.2) is 5.75 Å². The van der Waals surface area contributed by atoms with Crippen LogP contribution in [-0.4, -0.2) is 39.7 Å². The number of nitrogens with one attached hydrogen (secondary N) is 2. The number of aromatic amines is 1. The molecule has 0 saturated heterocycles. The van der Waals surface area contributed by atoms with Crippen molar-refractivity contribution in [3.63, 3.8) is 0 Å². The molecule has 2 N–H and O–H groups in total. The summed E-state index contributed by atoms with van der Waals surface area (Å²) in [6.45, 7) is 4.37. The van der Waals surface area contributed by atoms with Crippen LogP contribution in [0.5, 0.6) is 11.5 Å². The van der Waals surface area contributed by atoms with Crippen molar-refractivity contribution >= 4 is 22.8 Å². The number of amides is 1. The third kappa shape index (κ3) is 3.32. The van der Waals surface area contributed by atoms with Crippen LogP contribution in [0.25, 0.3) is 11.0 Å². The lowest BCUT2D eigenvalue weighted by Gasteiger charge is -2.18. The zero-order chi connectivity index (χ0) is 19.0. The summed E-state index contributed by atoms with van der Waals surface area (Å²) in [4.78, 5) is 12.7. The van der Waals surface area contributed by atoms with Crippen LogP contribution in [0, 0.1) is 11.8 Å². The number of anilines is 1. The normalized spacial score (nSPS) is 22.1. The van der Waals surface area contributed by atoms with E-state index in [-0.39, 0.29) is 17.8 Å². The quantitative estimate of drug-likeness (QED) is 0.708. The number of furan rings is 1. The molecule has 9 heteroatoms. The number of methoxy groups -OCH3 is 1. The molecule has 142 valence electrons.